The normalized spacial score (nSPS) is 8.92. The summed E-state index contributed by atoms with van der Waals surface area (Å²) in [5, 5.41) is 22.6. The summed E-state index contributed by atoms with van der Waals surface area (Å²) >= 11 is 0. The van der Waals surface area contributed by atoms with Crippen molar-refractivity contribution in [3.63, 3.8) is 0 Å². The summed E-state index contributed by atoms with van der Waals surface area (Å²) < 4.78 is 0. The molecule has 1 N–H and O–H groups in total. The van der Waals surface area contributed by atoms with Crippen LogP contribution in [0, 0.1) is 22.7 Å². The van der Waals surface area contributed by atoms with Crippen molar-refractivity contribution in [2.75, 3.05) is 0 Å². The molecule has 0 aliphatic heterocycles. The summed E-state index contributed by atoms with van der Waals surface area (Å²) in [5.41, 5.74) is -0.0898. The van der Waals surface area contributed by atoms with Gasteiger partial charge in [-0.15, -0.1) is 0 Å². The number of nitrogens with zero attached hydrogens (tertiary/aromatic N) is 3. The number of hydrogen-bond donors (Lipinski definition) is 1. The zero-order valence-electron chi connectivity index (χ0n) is 5.98. The Labute approximate surface area is 67.9 Å². The largest absolute Gasteiger partial charge is 0.268 e. The molecule has 58 valence electrons. The van der Waals surface area contributed by atoms with Gasteiger partial charge in [0.1, 0.15) is 0 Å². The smallest absolute Gasteiger partial charge is 0.264 e. The van der Waals surface area contributed by atoms with Gasteiger partial charge < -0.3 is 0 Å². The molecule has 0 amide bonds. The number of hydrogen-bond acceptors (Lipinski definition) is 4. The lowest BCUT2D eigenvalue weighted by Crippen LogP contribution is -2.09. The molecule has 0 saturated carbocycles. The summed E-state index contributed by atoms with van der Waals surface area (Å²) in [6, 6.07) is 6.07. The highest BCUT2D eigenvalue weighted by Gasteiger charge is 2.09. The van der Waals surface area contributed by atoms with E-state index in [2.05, 4.69) is 10.2 Å². The molecule has 1 rings (SSSR count). The fraction of sp³-hybridized carbons (Fsp3) is 0.143. The first kappa shape index (κ1) is 7.96. The van der Waals surface area contributed by atoms with E-state index in [0.717, 1.165) is 0 Å². The summed E-state index contributed by atoms with van der Waals surface area (Å²) in [7, 11) is 0. The van der Waals surface area contributed by atoms with Crippen molar-refractivity contribution in [1.29, 1.82) is 10.5 Å². The van der Waals surface area contributed by atoms with Crippen LogP contribution >= 0.6 is 0 Å². The van der Waals surface area contributed by atoms with Crippen molar-refractivity contribution in [2.24, 2.45) is 0 Å². The summed E-state index contributed by atoms with van der Waals surface area (Å²) in [6.45, 7) is 0. The maximum atomic E-state index is 10.5. The van der Waals surface area contributed by atoms with Gasteiger partial charge in [0.05, 0.1) is 17.8 Å². The molecule has 12 heavy (non-hydrogen) atoms. The molecule has 0 radical (unpaired) electrons. The van der Waals surface area contributed by atoms with E-state index in [0.29, 0.717) is 0 Å². The third-order valence-corrected chi connectivity index (χ3v) is 1.25. The van der Waals surface area contributed by atoms with E-state index >= 15 is 0 Å². The minimum atomic E-state index is -0.915. The minimum Gasteiger partial charge on any atom is -0.268 e. The maximum Gasteiger partial charge on any atom is 0.264 e. The van der Waals surface area contributed by atoms with Crippen LogP contribution in [0.25, 0.3) is 0 Å². The summed E-state index contributed by atoms with van der Waals surface area (Å²) in [5.74, 6) is -0.915. The molecular formula is C7H4N4O. The first-order chi connectivity index (χ1) is 5.77. The second-order valence-electron chi connectivity index (χ2n) is 2.04. The van der Waals surface area contributed by atoms with Gasteiger partial charge >= 0.3 is 0 Å². The molecule has 0 aromatic carbocycles. The number of nitrogens with one attached hydrogen (secondary N) is 1. The topological polar surface area (TPSA) is 93.3 Å². The standard InChI is InChI=1S/C7H4N4O/c8-3-5(4-9)6-1-2-7(12)11-10-6/h1-2,5H,(H,11,12). The Morgan fingerprint density at radius 2 is 2.08 bits per heavy atom. The fourth-order valence-corrected chi connectivity index (χ4v) is 0.677. The van der Waals surface area contributed by atoms with Crippen molar-refractivity contribution in [3.8, 4) is 12.1 Å². The quantitative estimate of drug-likeness (QED) is 0.620. The lowest BCUT2D eigenvalue weighted by molar-refractivity contribution is 0.887. The predicted octanol–water partition coefficient (Wildman–Crippen LogP) is -0.0993. The molecule has 0 spiro atoms. The monoisotopic (exact) mass is 160 g/mol. The van der Waals surface area contributed by atoms with Gasteiger partial charge in [-0.1, -0.05) is 0 Å². The number of aromatic nitrogens is 2. The molecule has 1 aromatic rings. The van der Waals surface area contributed by atoms with Crippen LogP contribution in [0.15, 0.2) is 16.9 Å². The maximum absolute atomic E-state index is 10.5. The van der Waals surface area contributed by atoms with Crippen LogP contribution in [0.3, 0.4) is 0 Å². The second kappa shape index (κ2) is 3.31. The van der Waals surface area contributed by atoms with E-state index in [1.165, 1.54) is 12.1 Å². The minimum absolute atomic E-state index is 0.264. The SMILES string of the molecule is N#CC(C#N)c1ccc(=O)[nH]n1. The van der Waals surface area contributed by atoms with Crippen molar-refractivity contribution in [2.45, 2.75) is 5.92 Å². The van der Waals surface area contributed by atoms with E-state index in [1.54, 1.807) is 12.1 Å². The van der Waals surface area contributed by atoms with Crippen molar-refractivity contribution < 1.29 is 0 Å². The molecule has 0 atom stereocenters. The highest BCUT2D eigenvalue weighted by molar-refractivity contribution is 5.23. The number of aromatic amines is 1. The molecular weight excluding hydrogens is 156 g/mol. The number of nitriles is 2. The molecule has 0 saturated heterocycles. The van der Waals surface area contributed by atoms with Crippen molar-refractivity contribution >= 4 is 0 Å². The lowest BCUT2D eigenvalue weighted by atomic mass is 10.1. The lowest BCUT2D eigenvalue weighted by Gasteiger charge is -1.94. The third-order valence-electron chi connectivity index (χ3n) is 1.25. The van der Waals surface area contributed by atoms with Crippen LogP contribution in [0.2, 0.25) is 0 Å². The molecule has 0 unspecified atom stereocenters. The Balaban J connectivity index is 3.07. The van der Waals surface area contributed by atoms with Crippen LogP contribution < -0.4 is 5.56 Å². The zero-order valence-corrected chi connectivity index (χ0v) is 5.98. The zero-order chi connectivity index (χ0) is 8.97. The van der Waals surface area contributed by atoms with E-state index in [-0.39, 0.29) is 11.3 Å². The van der Waals surface area contributed by atoms with Crippen LogP contribution in [0.1, 0.15) is 11.6 Å². The fourth-order valence-electron chi connectivity index (χ4n) is 0.677. The van der Waals surface area contributed by atoms with E-state index in [1.807, 2.05) is 0 Å². The van der Waals surface area contributed by atoms with Gasteiger partial charge in [-0.25, -0.2) is 5.10 Å². The van der Waals surface area contributed by atoms with E-state index in [9.17, 15) is 4.79 Å². The third kappa shape index (κ3) is 1.47. The molecule has 0 aliphatic carbocycles. The number of rotatable bonds is 1. The molecule has 1 aromatic heterocycles. The number of H-pyrrole nitrogens is 1. The highest BCUT2D eigenvalue weighted by atomic mass is 16.1. The molecule has 0 fully saturated rings. The molecule has 5 nitrogen and oxygen atoms in total. The van der Waals surface area contributed by atoms with Crippen molar-refractivity contribution in [1.82, 2.24) is 10.2 Å². The summed E-state index contributed by atoms with van der Waals surface area (Å²) in [6.07, 6.45) is 0. The molecule has 5 heteroatoms. The van der Waals surface area contributed by atoms with Crippen LogP contribution in [0.4, 0.5) is 0 Å². The average Bonchev–Trinajstić information content (AvgIpc) is 2.10. The van der Waals surface area contributed by atoms with Gasteiger partial charge in [-0.05, 0) is 6.07 Å². The van der Waals surface area contributed by atoms with Gasteiger partial charge in [0.25, 0.3) is 5.56 Å². The average molecular weight is 160 g/mol. The van der Waals surface area contributed by atoms with Crippen LogP contribution in [-0.2, 0) is 0 Å². The van der Waals surface area contributed by atoms with Gasteiger partial charge in [-0.2, -0.15) is 15.6 Å². The Hall–Kier alpha value is -2.14. The highest BCUT2D eigenvalue weighted by Crippen LogP contribution is 2.06. The summed E-state index contributed by atoms with van der Waals surface area (Å²) in [4.78, 5) is 10.5. The Morgan fingerprint density at radius 3 is 2.50 bits per heavy atom. The Kier molecular flexibility index (Phi) is 2.20. The van der Waals surface area contributed by atoms with Gasteiger partial charge in [0.15, 0.2) is 5.92 Å². The van der Waals surface area contributed by atoms with Crippen LogP contribution in [-0.4, -0.2) is 10.2 Å². The Morgan fingerprint density at radius 1 is 1.42 bits per heavy atom. The molecule has 1 heterocycles. The van der Waals surface area contributed by atoms with Crippen molar-refractivity contribution in [3.05, 3.63) is 28.2 Å². The van der Waals surface area contributed by atoms with Gasteiger partial charge in [0, 0.05) is 6.07 Å². The van der Waals surface area contributed by atoms with Crippen LogP contribution in [0.5, 0.6) is 0 Å². The first-order valence-corrected chi connectivity index (χ1v) is 3.13. The first-order valence-electron chi connectivity index (χ1n) is 3.13. The van der Waals surface area contributed by atoms with Gasteiger partial charge in [0.2, 0.25) is 0 Å². The van der Waals surface area contributed by atoms with E-state index < -0.39 is 5.92 Å². The predicted molar refractivity (Wildman–Crippen MR) is 38.8 cm³/mol. The van der Waals surface area contributed by atoms with Gasteiger partial charge in [-0.3, -0.25) is 4.79 Å². The molecule has 0 aliphatic rings. The second-order valence-corrected chi connectivity index (χ2v) is 2.04. The van der Waals surface area contributed by atoms with E-state index in [4.69, 9.17) is 10.5 Å². The Bertz CT molecular complexity index is 374. The molecule has 0 bridgehead atoms.